The number of nitrogens with zero attached hydrogens (tertiary/aromatic N) is 3. The molecule has 2 N–H and O–H groups in total. The van der Waals surface area contributed by atoms with Gasteiger partial charge in [0, 0.05) is 0 Å². The monoisotopic (exact) mass is 244 g/mol. The molecule has 5 nitrogen and oxygen atoms in total. The van der Waals surface area contributed by atoms with Crippen molar-refractivity contribution in [1.29, 1.82) is 10.5 Å². The molecule has 0 aromatic carbocycles. The van der Waals surface area contributed by atoms with Crippen LogP contribution in [0.4, 0.5) is 5.82 Å². The summed E-state index contributed by atoms with van der Waals surface area (Å²) in [5.74, 6) is 0.355. The maximum atomic E-state index is 9.22. The quantitative estimate of drug-likeness (QED) is 0.856. The van der Waals surface area contributed by atoms with E-state index in [0.29, 0.717) is 29.7 Å². The Balaban J connectivity index is 3.41. The summed E-state index contributed by atoms with van der Waals surface area (Å²) >= 11 is 0. The van der Waals surface area contributed by atoms with Crippen molar-refractivity contribution >= 4 is 5.82 Å². The van der Waals surface area contributed by atoms with E-state index in [1.54, 1.807) is 0 Å². The first-order chi connectivity index (χ1) is 8.69. The highest BCUT2D eigenvalue weighted by atomic mass is 16.5. The highest BCUT2D eigenvalue weighted by Gasteiger charge is 2.18. The van der Waals surface area contributed by atoms with Gasteiger partial charge in [-0.15, -0.1) is 0 Å². The summed E-state index contributed by atoms with van der Waals surface area (Å²) in [6.45, 7) is 4.26. The number of rotatable bonds is 5. The van der Waals surface area contributed by atoms with E-state index in [0.717, 1.165) is 12.8 Å². The van der Waals surface area contributed by atoms with E-state index in [4.69, 9.17) is 15.7 Å². The maximum absolute atomic E-state index is 9.22. The topological polar surface area (TPSA) is 95.7 Å². The largest absolute Gasteiger partial charge is 0.477 e. The molecule has 1 aromatic heterocycles. The molecule has 5 heteroatoms. The molecule has 0 aliphatic heterocycles. The minimum Gasteiger partial charge on any atom is -0.477 e. The third-order valence-corrected chi connectivity index (χ3v) is 2.58. The molecule has 0 saturated carbocycles. The third-order valence-electron chi connectivity index (χ3n) is 2.58. The minimum atomic E-state index is 0.131. The second-order valence-corrected chi connectivity index (χ2v) is 3.79. The molecule has 0 spiro atoms. The molecule has 0 unspecified atom stereocenters. The fraction of sp³-hybridized carbons (Fsp3) is 0.462. The van der Waals surface area contributed by atoms with E-state index >= 15 is 0 Å². The Morgan fingerprint density at radius 2 is 1.89 bits per heavy atom. The lowest BCUT2D eigenvalue weighted by atomic mass is 9.99. The molecular weight excluding hydrogens is 228 g/mol. The third kappa shape index (κ3) is 2.70. The van der Waals surface area contributed by atoms with Crippen molar-refractivity contribution in [2.24, 2.45) is 0 Å². The molecule has 0 radical (unpaired) electrons. The van der Waals surface area contributed by atoms with E-state index in [9.17, 15) is 5.26 Å². The second kappa shape index (κ2) is 6.46. The van der Waals surface area contributed by atoms with Gasteiger partial charge in [-0.3, -0.25) is 0 Å². The van der Waals surface area contributed by atoms with Crippen LogP contribution in [0.15, 0.2) is 0 Å². The Morgan fingerprint density at radius 1 is 1.22 bits per heavy atom. The van der Waals surface area contributed by atoms with Crippen molar-refractivity contribution in [3.63, 3.8) is 0 Å². The molecule has 1 heterocycles. The van der Waals surface area contributed by atoms with Gasteiger partial charge in [-0.2, -0.15) is 15.5 Å². The van der Waals surface area contributed by atoms with Gasteiger partial charge < -0.3 is 10.5 Å². The second-order valence-electron chi connectivity index (χ2n) is 3.79. The molecule has 0 amide bonds. The van der Waals surface area contributed by atoms with Crippen molar-refractivity contribution in [2.75, 3.05) is 12.3 Å². The number of nitrogens with two attached hydrogens (primary N) is 1. The van der Waals surface area contributed by atoms with Crippen molar-refractivity contribution in [3.8, 4) is 18.0 Å². The van der Waals surface area contributed by atoms with Crippen molar-refractivity contribution < 1.29 is 4.74 Å². The first-order valence-corrected chi connectivity index (χ1v) is 5.94. The molecule has 0 bridgehead atoms. The molecule has 18 heavy (non-hydrogen) atoms. The predicted molar refractivity (Wildman–Crippen MR) is 67.9 cm³/mol. The first kappa shape index (κ1) is 13.8. The van der Waals surface area contributed by atoms with Crippen LogP contribution in [0.5, 0.6) is 5.88 Å². The summed E-state index contributed by atoms with van der Waals surface area (Å²) in [7, 11) is 0. The van der Waals surface area contributed by atoms with Gasteiger partial charge in [0.05, 0.1) is 12.2 Å². The Bertz CT molecular complexity index is 511. The molecule has 1 rings (SSSR count). The Hall–Kier alpha value is -2.27. The van der Waals surface area contributed by atoms with Gasteiger partial charge >= 0.3 is 0 Å². The average molecular weight is 244 g/mol. The van der Waals surface area contributed by atoms with Crippen LogP contribution in [0.25, 0.3) is 0 Å². The van der Waals surface area contributed by atoms with Crippen LogP contribution < -0.4 is 10.5 Å². The number of pyridine rings is 1. The van der Waals surface area contributed by atoms with Gasteiger partial charge in [0.15, 0.2) is 0 Å². The fourth-order valence-corrected chi connectivity index (χ4v) is 1.71. The van der Waals surface area contributed by atoms with E-state index in [1.807, 2.05) is 19.9 Å². The summed E-state index contributed by atoms with van der Waals surface area (Å²) in [6.07, 6.45) is 2.50. The van der Waals surface area contributed by atoms with Gasteiger partial charge in [-0.1, -0.05) is 13.3 Å². The van der Waals surface area contributed by atoms with Gasteiger partial charge in [0.2, 0.25) is 5.88 Å². The SMILES string of the molecule is CCCCc1c(C#N)c(N)nc(OCC)c1C#N. The number of ether oxygens (including phenoxy) is 1. The van der Waals surface area contributed by atoms with Crippen molar-refractivity contribution in [2.45, 2.75) is 33.1 Å². The number of aromatic nitrogens is 1. The number of unbranched alkanes of at least 4 members (excludes halogenated alkanes) is 1. The Kier molecular flexibility index (Phi) is 4.95. The summed E-state index contributed by atoms with van der Waals surface area (Å²) < 4.78 is 5.31. The van der Waals surface area contributed by atoms with Crippen LogP contribution >= 0.6 is 0 Å². The highest BCUT2D eigenvalue weighted by molar-refractivity contribution is 5.62. The number of nitriles is 2. The highest BCUT2D eigenvalue weighted by Crippen LogP contribution is 2.27. The average Bonchev–Trinajstić information content (AvgIpc) is 2.36. The van der Waals surface area contributed by atoms with Gasteiger partial charge in [-0.25, -0.2) is 0 Å². The van der Waals surface area contributed by atoms with E-state index in [1.165, 1.54) is 0 Å². The van der Waals surface area contributed by atoms with E-state index < -0.39 is 0 Å². The summed E-state index contributed by atoms with van der Waals surface area (Å²) in [5, 5.41) is 18.3. The fourth-order valence-electron chi connectivity index (χ4n) is 1.71. The number of hydrogen-bond acceptors (Lipinski definition) is 5. The van der Waals surface area contributed by atoms with Crippen LogP contribution in [0.2, 0.25) is 0 Å². The summed E-state index contributed by atoms with van der Waals surface area (Å²) in [5.41, 5.74) is 7.01. The standard InChI is InChI=1S/C13H16N4O/c1-3-5-6-9-10(7-14)12(16)17-13(18-4-2)11(9)8-15/h3-6H2,1-2H3,(H2,16,17). The summed E-state index contributed by atoms with van der Waals surface area (Å²) in [6, 6.07) is 4.09. The van der Waals surface area contributed by atoms with Crippen LogP contribution in [-0.4, -0.2) is 11.6 Å². The zero-order valence-electron chi connectivity index (χ0n) is 10.7. The number of anilines is 1. The molecule has 0 fully saturated rings. The maximum Gasteiger partial charge on any atom is 0.234 e. The summed E-state index contributed by atoms with van der Waals surface area (Å²) in [4.78, 5) is 3.98. The number of nitrogen functional groups attached to an aromatic ring is 1. The van der Waals surface area contributed by atoms with Crippen LogP contribution in [0.1, 0.15) is 43.4 Å². The molecular formula is C13H16N4O. The Labute approximate surface area is 107 Å². The van der Waals surface area contributed by atoms with E-state index in [-0.39, 0.29) is 11.7 Å². The lowest BCUT2D eigenvalue weighted by molar-refractivity contribution is 0.326. The van der Waals surface area contributed by atoms with Crippen molar-refractivity contribution in [1.82, 2.24) is 4.98 Å². The molecule has 0 saturated heterocycles. The molecule has 0 aliphatic carbocycles. The molecule has 0 aliphatic rings. The lowest BCUT2D eigenvalue weighted by Crippen LogP contribution is -2.08. The van der Waals surface area contributed by atoms with Crippen LogP contribution in [0.3, 0.4) is 0 Å². The smallest absolute Gasteiger partial charge is 0.234 e. The zero-order valence-corrected chi connectivity index (χ0v) is 10.7. The van der Waals surface area contributed by atoms with Gasteiger partial charge in [-0.05, 0) is 25.3 Å². The van der Waals surface area contributed by atoms with E-state index in [2.05, 4.69) is 11.1 Å². The Morgan fingerprint density at radius 3 is 2.39 bits per heavy atom. The lowest BCUT2D eigenvalue weighted by Gasteiger charge is -2.12. The normalized spacial score (nSPS) is 9.56. The van der Waals surface area contributed by atoms with Gasteiger partial charge in [0.1, 0.15) is 23.5 Å². The molecule has 94 valence electrons. The molecule has 0 atom stereocenters. The van der Waals surface area contributed by atoms with Gasteiger partial charge in [0.25, 0.3) is 0 Å². The minimum absolute atomic E-state index is 0.131. The van der Waals surface area contributed by atoms with Crippen LogP contribution in [0, 0.1) is 22.7 Å². The first-order valence-electron chi connectivity index (χ1n) is 5.94. The zero-order chi connectivity index (χ0) is 13.5. The van der Waals surface area contributed by atoms with Crippen molar-refractivity contribution in [3.05, 3.63) is 16.7 Å². The van der Waals surface area contributed by atoms with Crippen LogP contribution in [-0.2, 0) is 6.42 Å². The molecule has 1 aromatic rings. The predicted octanol–water partition coefficient (Wildman–Crippen LogP) is 2.15. The number of hydrogen-bond donors (Lipinski definition) is 1.